The van der Waals surface area contributed by atoms with E-state index in [4.69, 9.17) is 9.97 Å². The standard InChI is InChI=1S/C49H33N3S2/c1-49(2)38-26-33(21-23-34(38)36-27-45-46(28-39(36)49)54-44-20-12-11-19-43(44)53-45)32-22-24-42-37(25-32)35-17-9-10-18-41(35)52(42)47-29-40(30-13-5-3-6-14-30)50-48(51-47)31-15-7-4-8-16-31/h3-29H,1-2H3. The second-order valence-electron chi connectivity index (χ2n) is 14.6. The van der Waals surface area contributed by atoms with Gasteiger partial charge in [-0.25, -0.2) is 9.97 Å². The first kappa shape index (κ1) is 31.6. The summed E-state index contributed by atoms with van der Waals surface area (Å²) < 4.78 is 2.30. The maximum atomic E-state index is 5.22. The van der Waals surface area contributed by atoms with E-state index < -0.39 is 0 Å². The number of rotatable bonds is 4. The maximum Gasteiger partial charge on any atom is 0.162 e. The second-order valence-corrected chi connectivity index (χ2v) is 16.8. The Kier molecular flexibility index (Phi) is 7.07. The van der Waals surface area contributed by atoms with Gasteiger partial charge in [-0.3, -0.25) is 4.57 Å². The summed E-state index contributed by atoms with van der Waals surface area (Å²) in [5.41, 5.74) is 13.0. The van der Waals surface area contributed by atoms with Crippen molar-refractivity contribution >= 4 is 45.3 Å². The Hall–Kier alpha value is -5.88. The molecule has 0 radical (unpaired) electrons. The quantitative estimate of drug-likeness (QED) is 0.181. The third kappa shape index (κ3) is 4.92. The fourth-order valence-electron chi connectivity index (χ4n) is 8.36. The van der Waals surface area contributed by atoms with Gasteiger partial charge in [0.2, 0.25) is 0 Å². The van der Waals surface area contributed by atoms with Crippen LogP contribution in [0, 0.1) is 0 Å². The Morgan fingerprint density at radius 1 is 0.444 bits per heavy atom. The molecule has 0 saturated heterocycles. The number of benzene rings is 7. The average molecular weight is 728 g/mol. The zero-order valence-electron chi connectivity index (χ0n) is 29.7. The number of para-hydroxylation sites is 1. The first-order chi connectivity index (χ1) is 26.5. The van der Waals surface area contributed by atoms with Gasteiger partial charge < -0.3 is 0 Å². The Morgan fingerprint density at radius 2 is 1.06 bits per heavy atom. The molecule has 0 N–H and O–H groups in total. The molecule has 5 heteroatoms. The van der Waals surface area contributed by atoms with Gasteiger partial charge in [0, 0.05) is 53.0 Å². The minimum atomic E-state index is -0.113. The number of hydrogen-bond acceptors (Lipinski definition) is 4. The maximum absolute atomic E-state index is 5.22. The van der Waals surface area contributed by atoms with Crippen molar-refractivity contribution < 1.29 is 0 Å². The lowest BCUT2D eigenvalue weighted by atomic mass is 9.81. The summed E-state index contributed by atoms with van der Waals surface area (Å²) >= 11 is 3.79. The molecule has 0 spiro atoms. The Labute approximate surface area is 322 Å². The van der Waals surface area contributed by atoms with Gasteiger partial charge in [-0.2, -0.15) is 0 Å². The smallest absolute Gasteiger partial charge is 0.162 e. The van der Waals surface area contributed by atoms with Gasteiger partial charge in [0.1, 0.15) is 5.82 Å². The van der Waals surface area contributed by atoms with E-state index in [0.29, 0.717) is 5.82 Å². The topological polar surface area (TPSA) is 30.7 Å². The molecule has 2 aromatic heterocycles. The van der Waals surface area contributed by atoms with Crippen molar-refractivity contribution in [2.24, 2.45) is 0 Å². The van der Waals surface area contributed by atoms with Gasteiger partial charge in [0.05, 0.1) is 16.7 Å². The van der Waals surface area contributed by atoms with Gasteiger partial charge in [-0.1, -0.05) is 147 Å². The molecule has 0 saturated carbocycles. The fraction of sp³-hybridized carbons (Fsp3) is 0.0612. The van der Waals surface area contributed by atoms with Crippen molar-refractivity contribution in [1.29, 1.82) is 0 Å². The van der Waals surface area contributed by atoms with Crippen molar-refractivity contribution in [2.75, 3.05) is 0 Å². The molecule has 3 nitrogen and oxygen atoms in total. The Morgan fingerprint density at radius 3 is 1.83 bits per heavy atom. The number of hydrogen-bond donors (Lipinski definition) is 0. The van der Waals surface area contributed by atoms with E-state index in [1.54, 1.807) is 0 Å². The average Bonchev–Trinajstić information content (AvgIpc) is 3.67. The van der Waals surface area contributed by atoms with Crippen LogP contribution >= 0.6 is 23.5 Å². The molecular formula is C49H33N3S2. The summed E-state index contributed by atoms with van der Waals surface area (Å²) in [6, 6.07) is 59.1. The molecule has 1 aliphatic heterocycles. The number of fused-ring (bicyclic) bond motifs is 8. The molecule has 0 atom stereocenters. The predicted molar refractivity (Wildman–Crippen MR) is 225 cm³/mol. The van der Waals surface area contributed by atoms with Crippen LogP contribution < -0.4 is 0 Å². The third-order valence-electron chi connectivity index (χ3n) is 11.1. The van der Waals surface area contributed by atoms with Gasteiger partial charge in [0.25, 0.3) is 0 Å². The van der Waals surface area contributed by atoms with E-state index in [9.17, 15) is 0 Å². The molecule has 0 bridgehead atoms. The summed E-state index contributed by atoms with van der Waals surface area (Å²) in [6.45, 7) is 4.77. The third-order valence-corrected chi connectivity index (χ3v) is 13.6. The molecular weight excluding hydrogens is 695 g/mol. The molecule has 0 fully saturated rings. The molecule has 3 heterocycles. The first-order valence-electron chi connectivity index (χ1n) is 18.3. The van der Waals surface area contributed by atoms with Gasteiger partial charge in [-0.05, 0) is 81.9 Å². The second kappa shape index (κ2) is 12.1. The van der Waals surface area contributed by atoms with E-state index in [1.807, 2.05) is 47.8 Å². The molecule has 256 valence electrons. The summed E-state index contributed by atoms with van der Waals surface area (Å²) in [5.74, 6) is 1.56. The molecule has 11 rings (SSSR count). The highest BCUT2D eigenvalue weighted by molar-refractivity contribution is 8.05. The van der Waals surface area contributed by atoms with Crippen LogP contribution in [0.15, 0.2) is 183 Å². The highest BCUT2D eigenvalue weighted by Crippen LogP contribution is 2.56. The summed E-state index contributed by atoms with van der Waals surface area (Å²) in [7, 11) is 0. The van der Waals surface area contributed by atoms with Crippen molar-refractivity contribution in [3.05, 3.63) is 175 Å². The first-order valence-corrected chi connectivity index (χ1v) is 19.9. The lowest BCUT2D eigenvalue weighted by molar-refractivity contribution is 0.658. The van der Waals surface area contributed by atoms with Crippen molar-refractivity contribution in [1.82, 2.24) is 14.5 Å². The van der Waals surface area contributed by atoms with Gasteiger partial charge in [-0.15, -0.1) is 0 Å². The van der Waals surface area contributed by atoms with Crippen LogP contribution in [0.2, 0.25) is 0 Å². The van der Waals surface area contributed by atoms with Crippen molar-refractivity contribution in [3.63, 3.8) is 0 Å². The minimum Gasteiger partial charge on any atom is -0.294 e. The van der Waals surface area contributed by atoms with Gasteiger partial charge >= 0.3 is 0 Å². The Balaban J connectivity index is 1.04. The van der Waals surface area contributed by atoms with Crippen LogP contribution in [-0.4, -0.2) is 14.5 Å². The van der Waals surface area contributed by atoms with E-state index in [0.717, 1.165) is 33.7 Å². The van der Waals surface area contributed by atoms with Crippen LogP contribution in [0.3, 0.4) is 0 Å². The molecule has 1 aliphatic carbocycles. The summed E-state index contributed by atoms with van der Waals surface area (Å²) in [6.07, 6.45) is 0. The molecule has 0 unspecified atom stereocenters. The van der Waals surface area contributed by atoms with E-state index in [1.165, 1.54) is 63.7 Å². The van der Waals surface area contributed by atoms with Crippen molar-refractivity contribution in [3.8, 4) is 50.7 Å². The van der Waals surface area contributed by atoms with Crippen LogP contribution in [-0.2, 0) is 5.41 Å². The monoisotopic (exact) mass is 727 g/mol. The highest BCUT2D eigenvalue weighted by atomic mass is 32.2. The van der Waals surface area contributed by atoms with E-state index in [-0.39, 0.29) is 5.41 Å². The van der Waals surface area contributed by atoms with Crippen LogP contribution in [0.5, 0.6) is 0 Å². The van der Waals surface area contributed by atoms with Crippen molar-refractivity contribution in [2.45, 2.75) is 38.8 Å². The SMILES string of the molecule is CC1(C)c2cc(-c3ccc4c(c3)c3ccccc3n4-c3cc(-c4ccccc4)nc(-c4ccccc4)n3)ccc2-c2cc3c(cc21)Sc1ccccc1S3. The number of aromatic nitrogens is 3. The highest BCUT2D eigenvalue weighted by Gasteiger charge is 2.37. The molecule has 9 aromatic rings. The normalized spacial score (nSPS) is 13.7. The molecule has 0 amide bonds. The van der Waals surface area contributed by atoms with Crippen LogP contribution in [0.1, 0.15) is 25.0 Å². The molecule has 7 aromatic carbocycles. The summed E-state index contributed by atoms with van der Waals surface area (Å²) in [4.78, 5) is 15.7. The lowest BCUT2D eigenvalue weighted by Crippen LogP contribution is -2.15. The van der Waals surface area contributed by atoms with E-state index >= 15 is 0 Å². The molecule has 2 aliphatic rings. The summed E-state index contributed by atoms with van der Waals surface area (Å²) in [5, 5.41) is 2.40. The largest absolute Gasteiger partial charge is 0.294 e. The lowest BCUT2D eigenvalue weighted by Gasteiger charge is -2.24. The van der Waals surface area contributed by atoms with E-state index in [2.05, 4.69) is 158 Å². The zero-order chi connectivity index (χ0) is 36.0. The number of nitrogens with zero attached hydrogens (tertiary/aromatic N) is 3. The van der Waals surface area contributed by atoms with Gasteiger partial charge in [0.15, 0.2) is 5.82 Å². The van der Waals surface area contributed by atoms with Crippen LogP contribution in [0.4, 0.5) is 0 Å². The Bertz CT molecular complexity index is 2910. The zero-order valence-corrected chi connectivity index (χ0v) is 31.4. The minimum absolute atomic E-state index is 0.113. The fourth-order valence-corrected chi connectivity index (χ4v) is 10.6. The molecule has 54 heavy (non-hydrogen) atoms. The predicted octanol–water partition coefficient (Wildman–Crippen LogP) is 13.5. The van der Waals surface area contributed by atoms with Crippen LogP contribution in [0.25, 0.3) is 72.5 Å².